The van der Waals surface area contributed by atoms with Crippen molar-refractivity contribution in [3.8, 4) is 11.8 Å². The highest BCUT2D eigenvalue weighted by Crippen LogP contribution is 2.14. The van der Waals surface area contributed by atoms with Gasteiger partial charge in [0.1, 0.15) is 5.82 Å². The van der Waals surface area contributed by atoms with E-state index in [1.807, 2.05) is 18.4 Å². The highest BCUT2D eigenvalue weighted by molar-refractivity contribution is 7.10. The number of carbonyl (C=O) groups is 1. The molecule has 21 heavy (non-hydrogen) atoms. The summed E-state index contributed by atoms with van der Waals surface area (Å²) in [7, 11) is 0. The Bertz CT molecular complexity index is 713. The summed E-state index contributed by atoms with van der Waals surface area (Å²) in [5, 5.41) is 4.61. The summed E-state index contributed by atoms with van der Waals surface area (Å²) in [6.07, 6.45) is 0. The summed E-state index contributed by atoms with van der Waals surface area (Å²) in [4.78, 5) is 12.9. The van der Waals surface area contributed by atoms with E-state index in [9.17, 15) is 9.18 Å². The van der Waals surface area contributed by atoms with Gasteiger partial charge in [0.05, 0.1) is 18.7 Å². The highest BCUT2D eigenvalue weighted by atomic mass is 32.1. The molecule has 0 radical (unpaired) electrons. The van der Waals surface area contributed by atoms with Gasteiger partial charge in [-0.25, -0.2) is 4.39 Å². The normalized spacial score (nSPS) is 9.86. The minimum Gasteiger partial charge on any atom is -0.347 e. The number of nitrogens with one attached hydrogen (secondary N) is 1. The van der Waals surface area contributed by atoms with Gasteiger partial charge in [0, 0.05) is 15.8 Å². The summed E-state index contributed by atoms with van der Waals surface area (Å²) in [5.74, 6) is 4.76. The first kappa shape index (κ1) is 15.2. The van der Waals surface area contributed by atoms with Crippen LogP contribution in [0.15, 0.2) is 29.6 Å². The number of aryl methyl sites for hydroxylation is 1. The second kappa shape index (κ2) is 7.02. The van der Waals surface area contributed by atoms with Crippen LogP contribution < -0.4 is 11.1 Å². The summed E-state index contributed by atoms with van der Waals surface area (Å²) < 4.78 is 13.6. The lowest BCUT2D eigenvalue weighted by Gasteiger charge is -2.05. The maximum atomic E-state index is 13.6. The Morgan fingerprint density at radius 1 is 1.43 bits per heavy atom. The maximum absolute atomic E-state index is 13.6. The van der Waals surface area contributed by atoms with Crippen molar-refractivity contribution in [1.29, 1.82) is 0 Å². The SMILES string of the molecule is Cc1ccc(F)c(C(=O)NCc2cc(C#CCN)cs2)c1. The fourth-order valence-electron chi connectivity index (χ4n) is 1.77. The average molecular weight is 302 g/mol. The van der Waals surface area contributed by atoms with E-state index >= 15 is 0 Å². The summed E-state index contributed by atoms with van der Waals surface area (Å²) in [5.41, 5.74) is 7.09. The molecule has 0 atom stereocenters. The van der Waals surface area contributed by atoms with Crippen LogP contribution in [0.2, 0.25) is 0 Å². The molecule has 5 heteroatoms. The molecule has 0 aliphatic carbocycles. The monoisotopic (exact) mass is 302 g/mol. The van der Waals surface area contributed by atoms with Gasteiger partial charge >= 0.3 is 0 Å². The molecule has 1 amide bonds. The number of benzene rings is 1. The zero-order chi connectivity index (χ0) is 15.2. The van der Waals surface area contributed by atoms with Crippen molar-refractivity contribution >= 4 is 17.2 Å². The Kier molecular flexibility index (Phi) is 5.09. The minimum absolute atomic E-state index is 0.0645. The molecule has 0 aliphatic heterocycles. The van der Waals surface area contributed by atoms with E-state index in [-0.39, 0.29) is 5.56 Å². The van der Waals surface area contributed by atoms with Gasteiger partial charge in [-0.1, -0.05) is 23.5 Å². The summed E-state index contributed by atoms with van der Waals surface area (Å²) in [6, 6.07) is 6.36. The molecule has 1 aromatic carbocycles. The third-order valence-corrected chi connectivity index (χ3v) is 3.71. The first-order valence-corrected chi connectivity index (χ1v) is 7.29. The second-order valence-corrected chi connectivity index (χ2v) is 5.47. The van der Waals surface area contributed by atoms with Crippen LogP contribution in [0.25, 0.3) is 0 Å². The maximum Gasteiger partial charge on any atom is 0.254 e. The predicted octanol–water partition coefficient (Wildman–Crippen LogP) is 2.44. The summed E-state index contributed by atoms with van der Waals surface area (Å²) in [6.45, 7) is 2.48. The lowest BCUT2D eigenvalue weighted by Crippen LogP contribution is -2.23. The zero-order valence-corrected chi connectivity index (χ0v) is 12.4. The van der Waals surface area contributed by atoms with Gasteiger partial charge < -0.3 is 11.1 Å². The Morgan fingerprint density at radius 3 is 3.00 bits per heavy atom. The number of nitrogens with two attached hydrogens (primary N) is 1. The van der Waals surface area contributed by atoms with Crippen LogP contribution in [-0.2, 0) is 6.54 Å². The van der Waals surface area contributed by atoms with Crippen molar-refractivity contribution in [2.45, 2.75) is 13.5 Å². The van der Waals surface area contributed by atoms with Crippen molar-refractivity contribution in [3.05, 3.63) is 57.0 Å². The van der Waals surface area contributed by atoms with Crippen molar-refractivity contribution in [2.24, 2.45) is 5.73 Å². The molecular weight excluding hydrogens is 287 g/mol. The van der Waals surface area contributed by atoms with Crippen LogP contribution in [0.3, 0.4) is 0 Å². The number of amides is 1. The third kappa shape index (κ3) is 4.15. The van der Waals surface area contributed by atoms with Gasteiger partial charge in [-0.05, 0) is 25.1 Å². The first-order chi connectivity index (χ1) is 10.1. The standard InChI is InChI=1S/C16H15FN2OS/c1-11-4-5-15(17)14(7-11)16(20)19-9-13-8-12(10-21-13)3-2-6-18/h4-5,7-8,10H,6,9,18H2,1H3,(H,19,20). The van der Waals surface area contributed by atoms with Crippen LogP contribution in [0.4, 0.5) is 4.39 Å². The molecule has 1 aromatic heterocycles. The van der Waals surface area contributed by atoms with Crippen molar-refractivity contribution in [2.75, 3.05) is 6.54 Å². The number of rotatable bonds is 3. The molecule has 0 bridgehead atoms. The summed E-state index contributed by atoms with van der Waals surface area (Å²) >= 11 is 1.49. The quantitative estimate of drug-likeness (QED) is 0.856. The molecule has 2 rings (SSSR count). The van der Waals surface area contributed by atoms with E-state index in [0.29, 0.717) is 13.1 Å². The van der Waals surface area contributed by atoms with Crippen LogP contribution in [0.5, 0.6) is 0 Å². The average Bonchev–Trinajstić information content (AvgIpc) is 2.93. The van der Waals surface area contributed by atoms with Gasteiger partial charge in [-0.15, -0.1) is 11.3 Å². The van der Waals surface area contributed by atoms with Crippen LogP contribution in [0, 0.1) is 24.6 Å². The van der Waals surface area contributed by atoms with Gasteiger partial charge in [0.15, 0.2) is 0 Å². The first-order valence-electron chi connectivity index (χ1n) is 6.41. The van der Waals surface area contributed by atoms with E-state index in [0.717, 1.165) is 16.0 Å². The Balaban J connectivity index is 2.01. The number of carbonyl (C=O) groups excluding carboxylic acids is 1. The van der Waals surface area contributed by atoms with E-state index in [2.05, 4.69) is 17.2 Å². The van der Waals surface area contributed by atoms with Gasteiger partial charge in [0.25, 0.3) is 5.91 Å². The van der Waals surface area contributed by atoms with Gasteiger partial charge in [-0.3, -0.25) is 4.79 Å². The smallest absolute Gasteiger partial charge is 0.254 e. The number of halogens is 1. The number of thiophene rings is 1. The number of hydrogen-bond acceptors (Lipinski definition) is 3. The Morgan fingerprint density at radius 2 is 2.24 bits per heavy atom. The van der Waals surface area contributed by atoms with E-state index in [4.69, 9.17) is 5.73 Å². The molecule has 0 saturated heterocycles. The fraction of sp³-hybridized carbons (Fsp3) is 0.188. The molecule has 3 N–H and O–H groups in total. The van der Waals surface area contributed by atoms with E-state index in [1.54, 1.807) is 6.07 Å². The zero-order valence-electron chi connectivity index (χ0n) is 11.6. The van der Waals surface area contributed by atoms with Crippen molar-refractivity contribution in [1.82, 2.24) is 5.32 Å². The lowest BCUT2D eigenvalue weighted by molar-refractivity contribution is 0.0947. The molecular formula is C16H15FN2OS. The molecule has 0 aliphatic rings. The topological polar surface area (TPSA) is 55.1 Å². The minimum atomic E-state index is -0.515. The van der Waals surface area contributed by atoms with Gasteiger partial charge in [-0.2, -0.15) is 0 Å². The third-order valence-electron chi connectivity index (χ3n) is 2.78. The van der Waals surface area contributed by atoms with E-state index in [1.165, 1.54) is 23.5 Å². The van der Waals surface area contributed by atoms with Crippen LogP contribution in [0.1, 0.15) is 26.4 Å². The molecule has 3 nitrogen and oxygen atoms in total. The molecule has 0 saturated carbocycles. The number of hydrogen-bond donors (Lipinski definition) is 2. The molecule has 108 valence electrons. The predicted molar refractivity (Wildman–Crippen MR) is 82.6 cm³/mol. The van der Waals surface area contributed by atoms with Crippen LogP contribution in [-0.4, -0.2) is 12.5 Å². The molecule has 0 spiro atoms. The Hall–Kier alpha value is -2.16. The molecule has 0 unspecified atom stereocenters. The van der Waals surface area contributed by atoms with Crippen molar-refractivity contribution < 1.29 is 9.18 Å². The largest absolute Gasteiger partial charge is 0.347 e. The highest BCUT2D eigenvalue weighted by Gasteiger charge is 2.11. The molecule has 1 heterocycles. The van der Waals surface area contributed by atoms with Crippen molar-refractivity contribution in [3.63, 3.8) is 0 Å². The Labute approximate surface area is 127 Å². The van der Waals surface area contributed by atoms with Gasteiger partial charge in [0.2, 0.25) is 0 Å². The molecule has 0 fully saturated rings. The van der Waals surface area contributed by atoms with Crippen LogP contribution >= 0.6 is 11.3 Å². The second-order valence-electron chi connectivity index (χ2n) is 4.47. The lowest BCUT2D eigenvalue weighted by atomic mass is 10.1. The van der Waals surface area contributed by atoms with E-state index < -0.39 is 11.7 Å². The molecule has 2 aromatic rings. The fourth-order valence-corrected chi connectivity index (χ4v) is 2.52.